The highest BCUT2D eigenvalue weighted by atomic mass is 16.4. The molecular formula is C20H33N3O5. The Hall–Kier alpha value is -2.12. The molecule has 1 fully saturated rings. The van der Waals surface area contributed by atoms with E-state index in [9.17, 15) is 19.2 Å². The van der Waals surface area contributed by atoms with E-state index in [2.05, 4.69) is 10.6 Å². The topological polar surface area (TPSA) is 116 Å². The zero-order valence-corrected chi connectivity index (χ0v) is 17.1. The fraction of sp³-hybridized carbons (Fsp3) is 0.700. The minimum atomic E-state index is -1.04. The van der Waals surface area contributed by atoms with Gasteiger partial charge in [0.2, 0.25) is 17.7 Å². The van der Waals surface area contributed by atoms with Crippen LogP contribution < -0.4 is 10.6 Å². The Labute approximate surface area is 167 Å². The van der Waals surface area contributed by atoms with Crippen LogP contribution in [0.1, 0.15) is 65.7 Å². The van der Waals surface area contributed by atoms with Crippen molar-refractivity contribution in [3.05, 3.63) is 13.0 Å². The molecule has 1 aliphatic heterocycles. The number of rotatable bonds is 12. The number of carbonyl (C=O) groups is 4. The molecule has 1 saturated heterocycles. The van der Waals surface area contributed by atoms with Crippen LogP contribution in [0.4, 0.5) is 0 Å². The number of aliphatic carboxylic acids is 1. The smallest absolute Gasteiger partial charge is 0.303 e. The number of likely N-dealkylation sites (tertiary alicyclic amines) is 1. The minimum absolute atomic E-state index is 0.00741. The van der Waals surface area contributed by atoms with Gasteiger partial charge in [-0.2, -0.15) is 0 Å². The van der Waals surface area contributed by atoms with E-state index < -0.39 is 29.9 Å². The summed E-state index contributed by atoms with van der Waals surface area (Å²) in [5, 5.41) is 14.2. The van der Waals surface area contributed by atoms with Crippen LogP contribution in [0.2, 0.25) is 0 Å². The number of unbranched alkanes of at least 4 members (excludes halogenated alkanes) is 1. The third kappa shape index (κ3) is 7.86. The van der Waals surface area contributed by atoms with Crippen molar-refractivity contribution in [2.24, 2.45) is 5.92 Å². The number of hydrogen-bond acceptors (Lipinski definition) is 4. The van der Waals surface area contributed by atoms with E-state index in [1.54, 1.807) is 13.0 Å². The third-order valence-corrected chi connectivity index (χ3v) is 4.87. The van der Waals surface area contributed by atoms with Crippen molar-refractivity contribution < 1.29 is 24.3 Å². The van der Waals surface area contributed by atoms with Crippen LogP contribution in [0, 0.1) is 18.9 Å². The summed E-state index contributed by atoms with van der Waals surface area (Å²) in [5.74, 6) is -1.94. The molecule has 0 aliphatic carbocycles. The first-order valence-electron chi connectivity index (χ1n) is 10.1. The maximum Gasteiger partial charge on any atom is 0.303 e. The molecule has 0 bridgehead atoms. The molecule has 0 saturated carbocycles. The second kappa shape index (κ2) is 12.4. The molecule has 8 nitrogen and oxygen atoms in total. The lowest BCUT2D eigenvalue weighted by Crippen LogP contribution is -2.53. The Bertz CT molecular complexity index is 552. The molecule has 28 heavy (non-hydrogen) atoms. The number of carboxylic acid groups (broad SMARTS) is 1. The normalized spacial score (nSPS) is 18.4. The molecule has 3 atom stereocenters. The predicted octanol–water partition coefficient (Wildman–Crippen LogP) is 1.66. The molecule has 0 aromatic rings. The van der Waals surface area contributed by atoms with Crippen LogP contribution in [-0.4, -0.2) is 52.3 Å². The van der Waals surface area contributed by atoms with E-state index in [0.29, 0.717) is 25.8 Å². The Morgan fingerprint density at radius 2 is 1.96 bits per heavy atom. The lowest BCUT2D eigenvalue weighted by atomic mass is 10.0. The number of hydrogen-bond donors (Lipinski definition) is 3. The standard InChI is InChI=1S/C20H33N3O5/c1-4-6-11-21-19(27)15(9-10-18(25)26)22-20(28)16-8-7-12-23(16)17(24)13-14(3)5-2/h11,13-16H,4-10,12H2,1-3H3,(H,21,27)(H,22,28)(H,25,26)/t14-,15-,16-/m0/s1. The van der Waals surface area contributed by atoms with Gasteiger partial charge in [0.05, 0.1) is 6.42 Å². The fourth-order valence-corrected chi connectivity index (χ4v) is 2.98. The Morgan fingerprint density at radius 1 is 1.25 bits per heavy atom. The zero-order valence-electron chi connectivity index (χ0n) is 17.1. The van der Waals surface area contributed by atoms with E-state index in [-0.39, 0.29) is 24.7 Å². The maximum atomic E-state index is 12.7. The first kappa shape index (κ1) is 23.9. The van der Waals surface area contributed by atoms with Gasteiger partial charge < -0.3 is 20.6 Å². The Morgan fingerprint density at radius 3 is 2.57 bits per heavy atom. The summed E-state index contributed by atoms with van der Waals surface area (Å²) in [4.78, 5) is 50.0. The molecule has 3 N–H and O–H groups in total. The Balaban J connectivity index is 2.74. The highest BCUT2D eigenvalue weighted by Crippen LogP contribution is 2.20. The highest BCUT2D eigenvalue weighted by molar-refractivity contribution is 5.94. The van der Waals surface area contributed by atoms with Gasteiger partial charge in [-0.3, -0.25) is 19.2 Å². The van der Waals surface area contributed by atoms with Crippen molar-refractivity contribution >= 4 is 23.7 Å². The molecule has 0 aromatic heterocycles. The number of nitrogens with zero attached hydrogens (tertiary/aromatic N) is 1. The van der Waals surface area contributed by atoms with Gasteiger partial charge in [0.1, 0.15) is 12.1 Å². The lowest BCUT2D eigenvalue weighted by Gasteiger charge is -2.27. The van der Waals surface area contributed by atoms with Crippen molar-refractivity contribution in [2.45, 2.75) is 77.8 Å². The van der Waals surface area contributed by atoms with Crippen LogP contribution in [0.5, 0.6) is 0 Å². The summed E-state index contributed by atoms with van der Waals surface area (Å²) >= 11 is 0. The number of nitrogens with one attached hydrogen (secondary N) is 2. The van der Waals surface area contributed by atoms with Gasteiger partial charge in [-0.25, -0.2) is 0 Å². The van der Waals surface area contributed by atoms with Gasteiger partial charge in [-0.15, -0.1) is 0 Å². The highest BCUT2D eigenvalue weighted by Gasteiger charge is 2.36. The van der Waals surface area contributed by atoms with Crippen LogP contribution >= 0.6 is 0 Å². The molecular weight excluding hydrogens is 362 g/mol. The van der Waals surface area contributed by atoms with Gasteiger partial charge in [0.25, 0.3) is 0 Å². The second-order valence-corrected chi connectivity index (χ2v) is 7.24. The Kier molecular flexibility index (Phi) is 10.6. The van der Waals surface area contributed by atoms with Crippen molar-refractivity contribution in [2.75, 3.05) is 6.54 Å². The lowest BCUT2D eigenvalue weighted by molar-refractivity contribution is -0.139. The van der Waals surface area contributed by atoms with Crippen LogP contribution in [0.3, 0.4) is 0 Å². The summed E-state index contributed by atoms with van der Waals surface area (Å²) in [6.45, 7) is 8.01. The summed E-state index contributed by atoms with van der Waals surface area (Å²) in [6.07, 6.45) is 5.01. The van der Waals surface area contributed by atoms with Crippen molar-refractivity contribution in [3.8, 4) is 0 Å². The van der Waals surface area contributed by atoms with E-state index in [1.807, 2.05) is 20.8 Å². The molecule has 3 amide bonds. The molecule has 1 heterocycles. The fourth-order valence-electron chi connectivity index (χ4n) is 2.98. The molecule has 0 spiro atoms. The predicted molar refractivity (Wildman–Crippen MR) is 105 cm³/mol. The average molecular weight is 396 g/mol. The van der Waals surface area contributed by atoms with Crippen LogP contribution in [0.15, 0.2) is 0 Å². The minimum Gasteiger partial charge on any atom is -0.481 e. The molecule has 0 aromatic carbocycles. The summed E-state index contributed by atoms with van der Waals surface area (Å²) < 4.78 is 0. The molecule has 2 radical (unpaired) electrons. The third-order valence-electron chi connectivity index (χ3n) is 4.87. The summed E-state index contributed by atoms with van der Waals surface area (Å²) in [6, 6.07) is -1.58. The monoisotopic (exact) mass is 395 g/mol. The van der Waals surface area contributed by atoms with Crippen molar-refractivity contribution in [3.63, 3.8) is 0 Å². The van der Waals surface area contributed by atoms with E-state index in [1.165, 1.54) is 4.90 Å². The van der Waals surface area contributed by atoms with Gasteiger partial charge in [0.15, 0.2) is 0 Å². The number of carbonyl (C=O) groups excluding carboxylic acids is 3. The molecule has 158 valence electrons. The van der Waals surface area contributed by atoms with E-state index in [4.69, 9.17) is 5.11 Å². The average Bonchev–Trinajstić information content (AvgIpc) is 3.14. The van der Waals surface area contributed by atoms with Crippen LogP contribution in [0.25, 0.3) is 0 Å². The van der Waals surface area contributed by atoms with Gasteiger partial charge in [0, 0.05) is 19.5 Å². The van der Waals surface area contributed by atoms with Gasteiger partial charge in [-0.05, 0) is 31.6 Å². The molecule has 0 unspecified atom stereocenters. The van der Waals surface area contributed by atoms with Gasteiger partial charge >= 0.3 is 5.97 Å². The number of carboxylic acids is 1. The largest absolute Gasteiger partial charge is 0.481 e. The summed E-state index contributed by atoms with van der Waals surface area (Å²) in [5.41, 5.74) is 0. The van der Waals surface area contributed by atoms with Gasteiger partial charge in [-0.1, -0.05) is 33.6 Å². The zero-order chi connectivity index (χ0) is 21.1. The quantitative estimate of drug-likeness (QED) is 0.435. The SMILES string of the molecule is CCC[CH]NC(=O)[C@H](CCC(=O)O)NC(=O)[C@@H]1CCCN1C(=O)[CH][C@@H](C)CC. The molecule has 8 heteroatoms. The second-order valence-electron chi connectivity index (χ2n) is 7.24. The number of amides is 3. The van der Waals surface area contributed by atoms with E-state index in [0.717, 1.165) is 12.8 Å². The van der Waals surface area contributed by atoms with E-state index >= 15 is 0 Å². The van der Waals surface area contributed by atoms with Crippen molar-refractivity contribution in [1.82, 2.24) is 15.5 Å². The van der Waals surface area contributed by atoms with Crippen LogP contribution in [-0.2, 0) is 19.2 Å². The summed E-state index contributed by atoms with van der Waals surface area (Å²) in [7, 11) is 0. The molecule has 1 rings (SSSR count). The molecule has 1 aliphatic rings. The van der Waals surface area contributed by atoms with Crippen molar-refractivity contribution in [1.29, 1.82) is 0 Å². The first-order chi connectivity index (χ1) is 13.3. The first-order valence-corrected chi connectivity index (χ1v) is 10.1. The maximum absolute atomic E-state index is 12.7.